The number of ether oxygens (including phenoxy) is 2. The van der Waals surface area contributed by atoms with Crippen molar-refractivity contribution >= 4 is 17.7 Å². The van der Waals surface area contributed by atoms with Gasteiger partial charge in [-0.25, -0.2) is 0 Å². The van der Waals surface area contributed by atoms with E-state index in [1.54, 1.807) is 44.6 Å². The van der Waals surface area contributed by atoms with Gasteiger partial charge in [0.1, 0.15) is 23.1 Å². The third kappa shape index (κ3) is 4.62. The van der Waals surface area contributed by atoms with Crippen LogP contribution in [0.15, 0.2) is 54.1 Å². The van der Waals surface area contributed by atoms with Crippen LogP contribution in [0.4, 0.5) is 5.69 Å². The largest absolute Gasteiger partial charge is 0.497 e. The van der Waals surface area contributed by atoms with E-state index in [2.05, 4.69) is 9.88 Å². The lowest BCUT2D eigenvalue weighted by Gasteiger charge is -2.14. The summed E-state index contributed by atoms with van der Waals surface area (Å²) in [6.45, 7) is 5.96. The van der Waals surface area contributed by atoms with E-state index in [0.29, 0.717) is 11.4 Å². The average Bonchev–Trinajstić information content (AvgIpc) is 3.05. The lowest BCUT2D eigenvalue weighted by Crippen LogP contribution is -2.13. The number of aryl methyl sites for hydroxylation is 2. The van der Waals surface area contributed by atoms with Gasteiger partial charge in [0.25, 0.3) is 5.91 Å². The van der Waals surface area contributed by atoms with Crippen LogP contribution in [0.2, 0.25) is 0 Å². The molecule has 0 saturated carbocycles. The molecule has 6 heteroatoms. The number of methoxy groups -OCH3 is 2. The molecule has 3 rings (SSSR count). The Balaban J connectivity index is 1.95. The zero-order chi connectivity index (χ0) is 22.5. The number of rotatable bonds is 6. The smallest absolute Gasteiger partial charge is 0.266 e. The van der Waals surface area contributed by atoms with E-state index < -0.39 is 5.91 Å². The van der Waals surface area contributed by atoms with Crippen LogP contribution in [0.3, 0.4) is 0 Å². The van der Waals surface area contributed by atoms with E-state index in [1.165, 1.54) is 0 Å². The van der Waals surface area contributed by atoms with Gasteiger partial charge in [-0.2, -0.15) is 5.26 Å². The van der Waals surface area contributed by atoms with Crippen LogP contribution < -0.4 is 14.8 Å². The molecule has 158 valence electrons. The highest BCUT2D eigenvalue weighted by Gasteiger charge is 2.16. The Hall–Kier alpha value is -3.98. The fraction of sp³-hybridized carbons (Fsp3) is 0.200. The zero-order valence-electron chi connectivity index (χ0n) is 18.3. The molecule has 0 aliphatic rings. The van der Waals surface area contributed by atoms with E-state index in [9.17, 15) is 10.1 Å². The van der Waals surface area contributed by atoms with Crippen LogP contribution in [0, 0.1) is 32.1 Å². The lowest BCUT2D eigenvalue weighted by molar-refractivity contribution is -0.112. The summed E-state index contributed by atoms with van der Waals surface area (Å²) in [4.78, 5) is 12.7. The van der Waals surface area contributed by atoms with Crippen molar-refractivity contribution in [2.24, 2.45) is 0 Å². The summed E-state index contributed by atoms with van der Waals surface area (Å²) in [6, 6.07) is 16.9. The summed E-state index contributed by atoms with van der Waals surface area (Å²) >= 11 is 0. The van der Waals surface area contributed by atoms with E-state index in [0.717, 1.165) is 34.0 Å². The van der Waals surface area contributed by atoms with Crippen molar-refractivity contribution in [1.29, 1.82) is 5.26 Å². The number of anilines is 1. The Morgan fingerprint density at radius 3 is 2.35 bits per heavy atom. The quantitative estimate of drug-likeness (QED) is 0.456. The van der Waals surface area contributed by atoms with Gasteiger partial charge in [-0.15, -0.1) is 0 Å². The van der Waals surface area contributed by atoms with E-state index in [1.807, 2.05) is 51.1 Å². The van der Waals surface area contributed by atoms with Crippen LogP contribution in [0.25, 0.3) is 11.8 Å². The molecule has 1 aromatic heterocycles. The summed E-state index contributed by atoms with van der Waals surface area (Å²) in [6.07, 6.45) is 1.61. The Morgan fingerprint density at radius 1 is 1.03 bits per heavy atom. The highest BCUT2D eigenvalue weighted by molar-refractivity contribution is 6.09. The highest BCUT2D eigenvalue weighted by atomic mass is 16.5. The van der Waals surface area contributed by atoms with Gasteiger partial charge in [-0.3, -0.25) is 4.79 Å². The predicted octanol–water partition coefficient (Wildman–Crippen LogP) is 4.97. The molecule has 1 heterocycles. The van der Waals surface area contributed by atoms with Crippen LogP contribution in [0.5, 0.6) is 11.5 Å². The number of hydrogen-bond acceptors (Lipinski definition) is 4. The third-order valence-corrected chi connectivity index (χ3v) is 5.06. The molecule has 0 aliphatic carbocycles. The number of nitrogens with one attached hydrogen (secondary N) is 1. The number of amides is 1. The normalized spacial score (nSPS) is 11.0. The van der Waals surface area contributed by atoms with Gasteiger partial charge in [0, 0.05) is 17.1 Å². The standard InChI is InChI=1S/C25H25N3O3/c1-16-6-11-24(31-5)23(12-16)28-17(2)13-19(18(28)3)14-20(15-26)25(29)27-21-7-9-22(30-4)10-8-21/h6-14H,1-5H3,(H,27,29)/b20-14-. The predicted molar refractivity (Wildman–Crippen MR) is 122 cm³/mol. The fourth-order valence-electron chi connectivity index (χ4n) is 3.46. The van der Waals surface area contributed by atoms with Gasteiger partial charge in [0.15, 0.2) is 0 Å². The average molecular weight is 415 g/mol. The first kappa shape index (κ1) is 21.7. The number of nitriles is 1. The molecule has 6 nitrogen and oxygen atoms in total. The number of aromatic nitrogens is 1. The molecule has 31 heavy (non-hydrogen) atoms. The summed E-state index contributed by atoms with van der Waals surface area (Å²) in [7, 11) is 3.22. The van der Waals surface area contributed by atoms with Gasteiger partial charge in [-0.1, -0.05) is 6.07 Å². The second-order valence-electron chi connectivity index (χ2n) is 7.19. The Labute approximate surface area is 182 Å². The maximum absolute atomic E-state index is 12.7. The second-order valence-corrected chi connectivity index (χ2v) is 7.19. The molecule has 0 bridgehead atoms. The molecule has 0 fully saturated rings. The molecule has 0 aliphatic heterocycles. The molecule has 0 unspecified atom stereocenters. The van der Waals surface area contributed by atoms with Crippen LogP contribution in [0.1, 0.15) is 22.5 Å². The Morgan fingerprint density at radius 2 is 1.74 bits per heavy atom. The summed E-state index contributed by atoms with van der Waals surface area (Å²) in [5, 5.41) is 12.3. The minimum absolute atomic E-state index is 0.0206. The SMILES string of the molecule is COc1ccc(NC(=O)/C(C#N)=C\c2cc(C)n(-c3cc(C)ccc3OC)c2C)cc1. The highest BCUT2D eigenvalue weighted by Crippen LogP contribution is 2.30. The lowest BCUT2D eigenvalue weighted by atomic mass is 10.1. The summed E-state index contributed by atoms with van der Waals surface area (Å²) < 4.78 is 12.7. The monoisotopic (exact) mass is 415 g/mol. The minimum Gasteiger partial charge on any atom is -0.497 e. The molecule has 1 amide bonds. The van der Waals surface area contributed by atoms with E-state index in [4.69, 9.17) is 9.47 Å². The molecule has 0 spiro atoms. The Bertz CT molecular complexity index is 1180. The van der Waals surface area contributed by atoms with Crippen molar-refractivity contribution in [2.45, 2.75) is 20.8 Å². The van der Waals surface area contributed by atoms with Gasteiger partial charge >= 0.3 is 0 Å². The number of benzene rings is 2. The van der Waals surface area contributed by atoms with Gasteiger partial charge in [0.2, 0.25) is 0 Å². The van der Waals surface area contributed by atoms with E-state index >= 15 is 0 Å². The van der Waals surface area contributed by atoms with Crippen molar-refractivity contribution in [3.63, 3.8) is 0 Å². The van der Waals surface area contributed by atoms with Crippen LogP contribution in [-0.4, -0.2) is 24.7 Å². The van der Waals surface area contributed by atoms with Crippen LogP contribution >= 0.6 is 0 Å². The number of nitrogens with zero attached hydrogens (tertiary/aromatic N) is 2. The Kier molecular flexibility index (Phi) is 6.46. The topological polar surface area (TPSA) is 76.3 Å². The van der Waals surface area contributed by atoms with Gasteiger partial charge in [0.05, 0.1) is 19.9 Å². The van der Waals surface area contributed by atoms with Gasteiger partial charge < -0.3 is 19.4 Å². The van der Waals surface area contributed by atoms with Crippen LogP contribution in [-0.2, 0) is 4.79 Å². The van der Waals surface area contributed by atoms with Crippen molar-refractivity contribution in [3.8, 4) is 23.3 Å². The van der Waals surface area contributed by atoms with Crippen molar-refractivity contribution < 1.29 is 14.3 Å². The van der Waals surface area contributed by atoms with Crippen molar-refractivity contribution in [3.05, 3.63) is 76.6 Å². The number of carbonyl (C=O) groups is 1. The molecule has 1 N–H and O–H groups in total. The molecular formula is C25H25N3O3. The van der Waals surface area contributed by atoms with Gasteiger partial charge in [-0.05, 0) is 80.4 Å². The molecule has 3 aromatic rings. The summed E-state index contributed by atoms with van der Waals surface area (Å²) in [5.74, 6) is 0.972. The first-order chi connectivity index (χ1) is 14.9. The second kappa shape index (κ2) is 9.23. The molecule has 2 aromatic carbocycles. The molecule has 0 atom stereocenters. The van der Waals surface area contributed by atoms with Crippen molar-refractivity contribution in [2.75, 3.05) is 19.5 Å². The number of carbonyl (C=O) groups excluding carboxylic acids is 1. The maximum Gasteiger partial charge on any atom is 0.266 e. The minimum atomic E-state index is -0.467. The first-order valence-electron chi connectivity index (χ1n) is 9.79. The molecule has 0 saturated heterocycles. The molecular weight excluding hydrogens is 390 g/mol. The first-order valence-corrected chi connectivity index (χ1v) is 9.79. The van der Waals surface area contributed by atoms with Crippen molar-refractivity contribution in [1.82, 2.24) is 4.57 Å². The summed E-state index contributed by atoms with van der Waals surface area (Å²) in [5.41, 5.74) is 5.30. The zero-order valence-corrected chi connectivity index (χ0v) is 18.3. The number of hydrogen-bond donors (Lipinski definition) is 1. The molecule has 0 radical (unpaired) electrons. The maximum atomic E-state index is 12.7. The fourth-order valence-corrected chi connectivity index (χ4v) is 3.46. The van der Waals surface area contributed by atoms with E-state index in [-0.39, 0.29) is 5.57 Å². The third-order valence-electron chi connectivity index (χ3n) is 5.06.